The standard InChI is InChI=1S/C18H13F2N3OS/c19-13-7-8-15(20)14(10-13)16(24)11-25-18-21-17(22-23-18)9-6-12-4-2-1-3-5-12/h1-10H,11H2,(H,21,22,23)/b9-6+. The largest absolute Gasteiger partial charge is 0.293 e. The molecule has 4 nitrogen and oxygen atoms in total. The Hall–Kier alpha value is -2.80. The molecule has 126 valence electrons. The Morgan fingerprint density at radius 1 is 1.12 bits per heavy atom. The molecule has 0 amide bonds. The summed E-state index contributed by atoms with van der Waals surface area (Å²) in [6, 6.07) is 12.5. The molecule has 0 spiro atoms. The lowest BCUT2D eigenvalue weighted by atomic mass is 10.1. The van der Waals surface area contributed by atoms with Gasteiger partial charge in [0, 0.05) is 0 Å². The lowest BCUT2D eigenvalue weighted by Crippen LogP contribution is -2.06. The molecule has 0 aliphatic rings. The van der Waals surface area contributed by atoms with Crippen molar-refractivity contribution in [2.45, 2.75) is 5.16 Å². The van der Waals surface area contributed by atoms with Crippen molar-refractivity contribution in [2.24, 2.45) is 0 Å². The molecule has 0 saturated heterocycles. The number of aromatic nitrogens is 3. The highest BCUT2D eigenvalue weighted by Gasteiger charge is 2.14. The monoisotopic (exact) mass is 357 g/mol. The minimum atomic E-state index is -0.742. The minimum absolute atomic E-state index is 0.0833. The van der Waals surface area contributed by atoms with E-state index in [1.165, 1.54) is 0 Å². The number of Topliss-reactive ketones (excluding diaryl/α,β-unsaturated/α-hetero) is 1. The molecular weight excluding hydrogens is 344 g/mol. The Balaban J connectivity index is 1.61. The summed E-state index contributed by atoms with van der Waals surface area (Å²) in [6.07, 6.45) is 3.64. The summed E-state index contributed by atoms with van der Waals surface area (Å²) in [5.41, 5.74) is 0.747. The van der Waals surface area contributed by atoms with Gasteiger partial charge in [0.25, 0.3) is 0 Å². The molecule has 1 heterocycles. The number of carbonyl (C=O) groups excluding carboxylic acids is 1. The predicted molar refractivity (Wildman–Crippen MR) is 93.2 cm³/mol. The number of benzene rings is 2. The number of halogens is 2. The number of thioether (sulfide) groups is 1. The lowest BCUT2D eigenvalue weighted by Gasteiger charge is -2.01. The van der Waals surface area contributed by atoms with E-state index < -0.39 is 17.4 Å². The van der Waals surface area contributed by atoms with Crippen LogP contribution in [0.4, 0.5) is 8.78 Å². The molecule has 1 aromatic heterocycles. The van der Waals surface area contributed by atoms with Gasteiger partial charge in [-0.1, -0.05) is 48.2 Å². The van der Waals surface area contributed by atoms with Gasteiger partial charge in [-0.3, -0.25) is 9.89 Å². The van der Waals surface area contributed by atoms with Gasteiger partial charge >= 0.3 is 0 Å². The second-order valence-electron chi connectivity index (χ2n) is 5.08. The number of aromatic amines is 1. The lowest BCUT2D eigenvalue weighted by molar-refractivity contribution is 0.101. The first-order valence-corrected chi connectivity index (χ1v) is 8.37. The van der Waals surface area contributed by atoms with E-state index >= 15 is 0 Å². The van der Waals surface area contributed by atoms with Crippen LogP contribution in [0.3, 0.4) is 0 Å². The molecule has 0 aliphatic heterocycles. The smallest absolute Gasteiger partial charge is 0.209 e. The number of nitrogens with one attached hydrogen (secondary N) is 1. The van der Waals surface area contributed by atoms with Crippen molar-refractivity contribution in [3.63, 3.8) is 0 Å². The predicted octanol–water partition coefficient (Wildman–Crippen LogP) is 4.23. The molecule has 25 heavy (non-hydrogen) atoms. The van der Waals surface area contributed by atoms with E-state index in [-0.39, 0.29) is 11.3 Å². The van der Waals surface area contributed by atoms with Gasteiger partial charge in [0.15, 0.2) is 5.78 Å². The van der Waals surface area contributed by atoms with E-state index in [1.807, 2.05) is 36.4 Å². The summed E-state index contributed by atoms with van der Waals surface area (Å²) >= 11 is 1.05. The minimum Gasteiger partial charge on any atom is -0.293 e. The SMILES string of the molecule is O=C(CSc1n[nH]c(/C=C/c2ccccc2)n1)c1cc(F)ccc1F. The van der Waals surface area contributed by atoms with Crippen LogP contribution in [0.1, 0.15) is 21.7 Å². The zero-order valence-corrected chi connectivity index (χ0v) is 13.8. The van der Waals surface area contributed by atoms with Crippen molar-refractivity contribution in [3.8, 4) is 0 Å². The van der Waals surface area contributed by atoms with Gasteiger partial charge in [-0.05, 0) is 29.8 Å². The van der Waals surface area contributed by atoms with Crippen LogP contribution in [-0.4, -0.2) is 26.7 Å². The molecule has 3 rings (SSSR count). The zero-order chi connectivity index (χ0) is 17.6. The van der Waals surface area contributed by atoms with Crippen LogP contribution < -0.4 is 0 Å². The molecule has 0 saturated carbocycles. The Morgan fingerprint density at radius 2 is 1.92 bits per heavy atom. The fourth-order valence-corrected chi connectivity index (χ4v) is 2.74. The molecule has 3 aromatic rings. The Morgan fingerprint density at radius 3 is 2.72 bits per heavy atom. The van der Waals surface area contributed by atoms with Crippen LogP contribution in [0.15, 0.2) is 53.7 Å². The maximum absolute atomic E-state index is 13.6. The van der Waals surface area contributed by atoms with E-state index in [4.69, 9.17) is 0 Å². The van der Waals surface area contributed by atoms with Crippen LogP contribution in [0.25, 0.3) is 12.2 Å². The van der Waals surface area contributed by atoms with E-state index in [1.54, 1.807) is 6.08 Å². The van der Waals surface area contributed by atoms with Crippen molar-refractivity contribution in [2.75, 3.05) is 5.75 Å². The molecule has 0 bridgehead atoms. The number of hydrogen-bond donors (Lipinski definition) is 1. The third kappa shape index (κ3) is 4.60. The van der Waals surface area contributed by atoms with Crippen LogP contribution in [0, 0.1) is 11.6 Å². The van der Waals surface area contributed by atoms with Gasteiger partial charge in [-0.2, -0.15) is 0 Å². The summed E-state index contributed by atoms with van der Waals surface area (Å²) in [4.78, 5) is 16.2. The number of ketones is 1. The normalized spacial score (nSPS) is 11.1. The molecule has 0 aliphatic carbocycles. The number of hydrogen-bond acceptors (Lipinski definition) is 4. The van der Waals surface area contributed by atoms with Crippen molar-refractivity contribution < 1.29 is 13.6 Å². The third-order valence-corrected chi connectivity index (χ3v) is 4.12. The van der Waals surface area contributed by atoms with Crippen LogP contribution in [-0.2, 0) is 0 Å². The van der Waals surface area contributed by atoms with Crippen molar-refractivity contribution in [1.82, 2.24) is 15.2 Å². The number of carbonyl (C=O) groups is 1. The van der Waals surface area contributed by atoms with Crippen molar-refractivity contribution in [3.05, 3.63) is 77.1 Å². The Kier molecular flexibility index (Phi) is 5.35. The Labute approximate surface area is 147 Å². The second-order valence-corrected chi connectivity index (χ2v) is 6.03. The van der Waals surface area contributed by atoms with E-state index in [9.17, 15) is 13.6 Å². The van der Waals surface area contributed by atoms with Crippen LogP contribution >= 0.6 is 11.8 Å². The van der Waals surface area contributed by atoms with Gasteiger partial charge in [-0.25, -0.2) is 13.8 Å². The topological polar surface area (TPSA) is 58.6 Å². The summed E-state index contributed by atoms with van der Waals surface area (Å²) in [6.45, 7) is 0. The molecule has 1 N–H and O–H groups in total. The average molecular weight is 357 g/mol. The molecule has 0 atom stereocenters. The van der Waals surface area contributed by atoms with Gasteiger partial charge in [0.2, 0.25) is 5.16 Å². The van der Waals surface area contributed by atoms with Gasteiger partial charge in [-0.15, -0.1) is 5.10 Å². The third-order valence-electron chi connectivity index (χ3n) is 3.28. The van der Waals surface area contributed by atoms with Gasteiger partial charge in [0.05, 0.1) is 11.3 Å². The zero-order valence-electron chi connectivity index (χ0n) is 12.9. The van der Waals surface area contributed by atoms with Crippen LogP contribution in [0.2, 0.25) is 0 Å². The van der Waals surface area contributed by atoms with E-state index in [2.05, 4.69) is 15.2 Å². The first-order chi connectivity index (χ1) is 12.1. The van der Waals surface area contributed by atoms with Crippen molar-refractivity contribution in [1.29, 1.82) is 0 Å². The summed E-state index contributed by atoms with van der Waals surface area (Å²) in [5, 5.41) is 7.09. The molecule has 0 unspecified atom stereocenters. The highest BCUT2D eigenvalue weighted by molar-refractivity contribution is 7.99. The van der Waals surface area contributed by atoms with E-state index in [0.29, 0.717) is 11.0 Å². The molecule has 7 heteroatoms. The molecule has 0 radical (unpaired) electrons. The van der Waals surface area contributed by atoms with Gasteiger partial charge < -0.3 is 0 Å². The fraction of sp³-hybridized carbons (Fsp3) is 0.0556. The first kappa shape index (κ1) is 17.0. The van der Waals surface area contributed by atoms with E-state index in [0.717, 1.165) is 35.5 Å². The Bertz CT molecular complexity index is 910. The average Bonchev–Trinajstić information content (AvgIpc) is 3.09. The summed E-state index contributed by atoms with van der Waals surface area (Å²) in [7, 11) is 0. The highest BCUT2D eigenvalue weighted by atomic mass is 32.2. The summed E-state index contributed by atoms with van der Waals surface area (Å²) < 4.78 is 26.7. The highest BCUT2D eigenvalue weighted by Crippen LogP contribution is 2.18. The van der Waals surface area contributed by atoms with Gasteiger partial charge in [0.1, 0.15) is 17.5 Å². The second kappa shape index (κ2) is 7.85. The maximum atomic E-state index is 13.6. The van der Waals surface area contributed by atoms with Crippen LogP contribution in [0.5, 0.6) is 0 Å². The molecule has 0 fully saturated rings. The fourth-order valence-electron chi connectivity index (χ4n) is 2.06. The number of nitrogens with zero attached hydrogens (tertiary/aromatic N) is 2. The molecular formula is C18H13F2N3OS. The quantitative estimate of drug-likeness (QED) is 0.530. The maximum Gasteiger partial charge on any atom is 0.209 e. The summed E-state index contributed by atoms with van der Waals surface area (Å²) in [5.74, 6) is -1.46. The molecule has 2 aromatic carbocycles. The first-order valence-electron chi connectivity index (χ1n) is 7.38. The van der Waals surface area contributed by atoms with Crippen molar-refractivity contribution >= 4 is 29.7 Å². The number of rotatable bonds is 6. The number of H-pyrrole nitrogens is 1.